The number of carboxylic acids is 1. The summed E-state index contributed by atoms with van der Waals surface area (Å²) in [6, 6.07) is -3.15. The zero-order valence-corrected chi connectivity index (χ0v) is 17.4. The highest BCUT2D eigenvalue weighted by atomic mass is 16.6. The average Bonchev–Trinajstić information content (AvgIpc) is 2.54. The molecule has 0 fully saturated rings. The molecule has 12 heteroatoms. The first-order valence-corrected chi connectivity index (χ1v) is 9.14. The van der Waals surface area contributed by atoms with E-state index in [9.17, 15) is 24.3 Å². The Kier molecular flexibility index (Phi) is 10.5. The van der Waals surface area contributed by atoms with Gasteiger partial charge in [-0.05, 0) is 47.5 Å². The van der Waals surface area contributed by atoms with E-state index in [1.807, 2.05) is 0 Å². The van der Waals surface area contributed by atoms with Crippen molar-refractivity contribution in [1.29, 1.82) is 5.41 Å². The third-order valence-corrected chi connectivity index (χ3v) is 3.48. The predicted octanol–water partition coefficient (Wildman–Crippen LogP) is -0.763. The van der Waals surface area contributed by atoms with E-state index in [0.717, 1.165) is 0 Å². The molecule has 3 amide bonds. The standard InChI is InChI=1S/C17H32N6O6/c1-9(21-12(24)10(2)22-16(28)29-17(3,4)5)13(25)23-11(14(26)27)7-6-8-20-15(18)19/h9-11H,6-8H2,1-5H3,(H,21,24)(H,22,28)(H,23,25)(H,26,27)(H4,18,19,20)/t9-,10-,11-/m0/s1. The highest BCUT2D eigenvalue weighted by Crippen LogP contribution is 2.06. The van der Waals surface area contributed by atoms with Gasteiger partial charge in [-0.15, -0.1) is 0 Å². The summed E-state index contributed by atoms with van der Waals surface area (Å²) in [7, 11) is 0. The number of rotatable bonds is 10. The van der Waals surface area contributed by atoms with Crippen molar-refractivity contribution in [3.05, 3.63) is 0 Å². The lowest BCUT2D eigenvalue weighted by molar-refractivity contribution is -0.142. The highest BCUT2D eigenvalue weighted by Gasteiger charge is 2.26. The summed E-state index contributed by atoms with van der Waals surface area (Å²) >= 11 is 0. The van der Waals surface area contributed by atoms with Crippen LogP contribution in [0, 0.1) is 5.41 Å². The van der Waals surface area contributed by atoms with Crippen molar-refractivity contribution in [2.75, 3.05) is 6.54 Å². The van der Waals surface area contributed by atoms with Crippen LogP contribution in [-0.4, -0.2) is 65.2 Å². The Bertz CT molecular complexity index is 618. The van der Waals surface area contributed by atoms with Gasteiger partial charge in [-0.25, -0.2) is 9.59 Å². The molecule has 0 aliphatic heterocycles. The second-order valence-electron chi connectivity index (χ2n) is 7.48. The first kappa shape index (κ1) is 26.0. The topological polar surface area (TPSA) is 196 Å². The van der Waals surface area contributed by atoms with E-state index >= 15 is 0 Å². The van der Waals surface area contributed by atoms with Crippen molar-refractivity contribution in [3.8, 4) is 0 Å². The Hall–Kier alpha value is -3.05. The highest BCUT2D eigenvalue weighted by molar-refractivity contribution is 5.92. The van der Waals surface area contributed by atoms with Gasteiger partial charge in [-0.2, -0.15) is 0 Å². The Morgan fingerprint density at radius 3 is 2.03 bits per heavy atom. The Morgan fingerprint density at radius 2 is 1.55 bits per heavy atom. The van der Waals surface area contributed by atoms with Crippen molar-refractivity contribution >= 4 is 29.8 Å². The molecule has 0 aromatic carbocycles. The SMILES string of the molecule is C[C@H](NC(=O)OC(C)(C)C)C(=O)N[C@@H](C)C(=O)N[C@@H](CCCNC(=N)N)C(=O)O. The molecule has 8 N–H and O–H groups in total. The molecule has 0 unspecified atom stereocenters. The van der Waals surface area contributed by atoms with Gasteiger partial charge in [0.05, 0.1) is 0 Å². The molecular weight excluding hydrogens is 384 g/mol. The molecule has 12 nitrogen and oxygen atoms in total. The maximum absolute atomic E-state index is 12.2. The molecule has 3 atom stereocenters. The Morgan fingerprint density at radius 1 is 1.03 bits per heavy atom. The van der Waals surface area contributed by atoms with E-state index < -0.39 is 47.6 Å². The number of alkyl carbamates (subject to hydrolysis) is 1. The fourth-order valence-electron chi connectivity index (χ4n) is 2.04. The van der Waals surface area contributed by atoms with E-state index in [1.165, 1.54) is 13.8 Å². The number of carboxylic acid groups (broad SMARTS) is 1. The van der Waals surface area contributed by atoms with Gasteiger partial charge >= 0.3 is 12.1 Å². The van der Waals surface area contributed by atoms with Crippen molar-refractivity contribution in [2.45, 2.75) is 71.2 Å². The zero-order valence-electron chi connectivity index (χ0n) is 17.4. The number of guanidine groups is 1. The van der Waals surface area contributed by atoms with Crippen molar-refractivity contribution < 1.29 is 29.0 Å². The van der Waals surface area contributed by atoms with Crippen LogP contribution < -0.4 is 27.0 Å². The van der Waals surface area contributed by atoms with Gasteiger partial charge in [0.25, 0.3) is 0 Å². The van der Waals surface area contributed by atoms with Gasteiger partial charge in [0, 0.05) is 6.54 Å². The Labute approximate surface area is 169 Å². The summed E-state index contributed by atoms with van der Waals surface area (Å²) in [5.41, 5.74) is 4.41. The van der Waals surface area contributed by atoms with Gasteiger partial charge in [0.2, 0.25) is 11.8 Å². The number of nitrogens with two attached hydrogens (primary N) is 1. The lowest BCUT2D eigenvalue weighted by Crippen LogP contribution is -2.54. The Balaban J connectivity index is 4.57. The smallest absolute Gasteiger partial charge is 0.408 e. The number of carbonyl (C=O) groups excluding carboxylic acids is 3. The van der Waals surface area contributed by atoms with E-state index in [-0.39, 0.29) is 18.9 Å². The van der Waals surface area contributed by atoms with E-state index in [2.05, 4.69) is 21.3 Å². The molecule has 166 valence electrons. The summed E-state index contributed by atoms with van der Waals surface area (Å²) in [6.45, 7) is 8.14. The van der Waals surface area contributed by atoms with Gasteiger partial charge < -0.3 is 36.8 Å². The fraction of sp³-hybridized carbons (Fsp3) is 0.706. The first-order chi connectivity index (χ1) is 13.2. The minimum Gasteiger partial charge on any atom is -0.480 e. The molecule has 0 saturated carbocycles. The molecule has 0 radical (unpaired) electrons. The molecule has 0 rings (SSSR count). The lowest BCUT2D eigenvalue weighted by Gasteiger charge is -2.23. The predicted molar refractivity (Wildman–Crippen MR) is 105 cm³/mol. The summed E-state index contributed by atoms with van der Waals surface area (Å²) in [6.07, 6.45) is -0.310. The minimum absolute atomic E-state index is 0.110. The minimum atomic E-state index is -1.22. The van der Waals surface area contributed by atoms with Crippen LogP contribution in [0.5, 0.6) is 0 Å². The first-order valence-electron chi connectivity index (χ1n) is 9.14. The third-order valence-electron chi connectivity index (χ3n) is 3.48. The van der Waals surface area contributed by atoms with Crippen LogP contribution in [0.4, 0.5) is 4.79 Å². The fourth-order valence-corrected chi connectivity index (χ4v) is 2.04. The molecule has 0 aromatic rings. The number of hydrogen-bond donors (Lipinski definition) is 7. The van der Waals surface area contributed by atoms with Crippen molar-refractivity contribution in [2.24, 2.45) is 5.73 Å². The monoisotopic (exact) mass is 416 g/mol. The summed E-state index contributed by atoms with van der Waals surface area (Å²) in [5.74, 6) is -2.77. The molecule has 0 bridgehead atoms. The zero-order chi connectivity index (χ0) is 22.8. The molecule has 0 heterocycles. The van der Waals surface area contributed by atoms with E-state index in [1.54, 1.807) is 20.8 Å². The van der Waals surface area contributed by atoms with E-state index in [4.69, 9.17) is 15.9 Å². The van der Waals surface area contributed by atoms with E-state index in [0.29, 0.717) is 6.42 Å². The molecule has 0 aliphatic rings. The molecule has 0 aliphatic carbocycles. The van der Waals surface area contributed by atoms with Gasteiger partial charge in [0.1, 0.15) is 23.7 Å². The van der Waals surface area contributed by atoms with Crippen LogP contribution in [0.3, 0.4) is 0 Å². The lowest BCUT2D eigenvalue weighted by atomic mass is 10.1. The molecule has 0 saturated heterocycles. The number of hydrogen-bond acceptors (Lipinski definition) is 6. The number of ether oxygens (including phenoxy) is 1. The maximum atomic E-state index is 12.2. The molecule has 0 aromatic heterocycles. The molecule has 29 heavy (non-hydrogen) atoms. The van der Waals surface area contributed by atoms with Crippen LogP contribution in [0.2, 0.25) is 0 Å². The van der Waals surface area contributed by atoms with Gasteiger partial charge in [-0.1, -0.05) is 0 Å². The number of amides is 3. The summed E-state index contributed by atoms with van der Waals surface area (Å²) < 4.78 is 5.05. The molecule has 0 spiro atoms. The maximum Gasteiger partial charge on any atom is 0.408 e. The quantitative estimate of drug-likeness (QED) is 0.137. The van der Waals surface area contributed by atoms with Crippen molar-refractivity contribution in [3.63, 3.8) is 0 Å². The van der Waals surface area contributed by atoms with Crippen LogP contribution in [0.15, 0.2) is 0 Å². The third kappa shape index (κ3) is 12.1. The van der Waals surface area contributed by atoms with Gasteiger partial charge in [0.15, 0.2) is 5.96 Å². The second-order valence-corrected chi connectivity index (χ2v) is 7.48. The largest absolute Gasteiger partial charge is 0.480 e. The van der Waals surface area contributed by atoms with Crippen LogP contribution >= 0.6 is 0 Å². The second kappa shape index (κ2) is 11.7. The number of aliphatic carboxylic acids is 1. The van der Waals surface area contributed by atoms with Crippen LogP contribution in [0.1, 0.15) is 47.5 Å². The average molecular weight is 416 g/mol. The summed E-state index contributed by atoms with van der Waals surface area (Å²) in [5, 5.41) is 25.9. The van der Waals surface area contributed by atoms with Crippen LogP contribution in [-0.2, 0) is 19.1 Å². The normalized spacial score (nSPS) is 14.0. The van der Waals surface area contributed by atoms with Crippen LogP contribution in [0.25, 0.3) is 0 Å². The number of nitrogens with one attached hydrogen (secondary N) is 5. The van der Waals surface area contributed by atoms with Crippen molar-refractivity contribution in [1.82, 2.24) is 21.3 Å². The number of carbonyl (C=O) groups is 4. The van der Waals surface area contributed by atoms with Gasteiger partial charge in [-0.3, -0.25) is 15.0 Å². The summed E-state index contributed by atoms with van der Waals surface area (Å²) in [4.78, 5) is 47.3. The molecular formula is C17H32N6O6.